The minimum absolute atomic E-state index is 0.0342. The van der Waals surface area contributed by atoms with Crippen LogP contribution in [0.4, 0.5) is 11.5 Å². The highest BCUT2D eigenvalue weighted by molar-refractivity contribution is 7.00. The maximum atomic E-state index is 12.8. The Labute approximate surface area is 170 Å². The molecule has 1 fully saturated rings. The summed E-state index contributed by atoms with van der Waals surface area (Å²) in [5, 5.41) is 3.03. The van der Waals surface area contributed by atoms with Crippen molar-refractivity contribution in [3.05, 3.63) is 49.3 Å². The highest BCUT2D eigenvalue weighted by Gasteiger charge is 2.26. The monoisotopic (exact) mass is 406 g/mol. The summed E-state index contributed by atoms with van der Waals surface area (Å²) in [5.74, 6) is 1.63. The fourth-order valence-corrected chi connectivity index (χ4v) is 4.11. The number of amides is 1. The zero-order valence-electron chi connectivity index (χ0n) is 15.5. The molecule has 146 valence electrons. The Morgan fingerprint density at radius 3 is 2.83 bits per heavy atom. The average Bonchev–Trinajstić information content (AvgIpc) is 3.46. The molecular formula is C19H18N8OS. The Balaban J connectivity index is 1.24. The molecule has 10 heteroatoms. The Bertz CT molecular complexity index is 1130. The second kappa shape index (κ2) is 7.55. The zero-order valence-corrected chi connectivity index (χ0v) is 16.3. The SMILES string of the molecule is O=C(Nc1cccc2nsnc12)C1CCN(c2cc(-n3ccnc3)ncn2)CC1. The molecule has 4 heterocycles. The van der Waals surface area contributed by atoms with Gasteiger partial charge in [0.15, 0.2) is 0 Å². The van der Waals surface area contributed by atoms with Crippen LogP contribution in [0.1, 0.15) is 12.8 Å². The van der Waals surface area contributed by atoms with Crippen molar-refractivity contribution in [3.8, 4) is 5.82 Å². The predicted octanol–water partition coefficient (Wildman–Crippen LogP) is 2.52. The fraction of sp³-hybridized carbons (Fsp3) is 0.263. The average molecular weight is 406 g/mol. The molecule has 0 spiro atoms. The molecule has 1 aromatic carbocycles. The number of aromatic nitrogens is 6. The maximum Gasteiger partial charge on any atom is 0.227 e. The van der Waals surface area contributed by atoms with Gasteiger partial charge in [0.1, 0.15) is 35.3 Å². The number of carbonyl (C=O) groups is 1. The van der Waals surface area contributed by atoms with Gasteiger partial charge in [0.2, 0.25) is 5.91 Å². The first-order valence-electron chi connectivity index (χ1n) is 9.35. The third-order valence-corrected chi connectivity index (χ3v) is 5.68. The van der Waals surface area contributed by atoms with E-state index in [9.17, 15) is 4.79 Å². The zero-order chi connectivity index (χ0) is 19.6. The number of rotatable bonds is 4. The van der Waals surface area contributed by atoms with Crippen molar-refractivity contribution in [2.24, 2.45) is 5.92 Å². The van der Waals surface area contributed by atoms with Crippen molar-refractivity contribution in [3.63, 3.8) is 0 Å². The molecule has 1 N–H and O–H groups in total. The summed E-state index contributed by atoms with van der Waals surface area (Å²) >= 11 is 1.15. The lowest BCUT2D eigenvalue weighted by atomic mass is 9.95. The lowest BCUT2D eigenvalue weighted by Crippen LogP contribution is -2.38. The molecule has 29 heavy (non-hydrogen) atoms. The molecule has 1 aliphatic rings. The summed E-state index contributed by atoms with van der Waals surface area (Å²) < 4.78 is 10.4. The van der Waals surface area contributed by atoms with Crippen LogP contribution in [0.15, 0.2) is 49.3 Å². The van der Waals surface area contributed by atoms with Gasteiger partial charge < -0.3 is 10.2 Å². The normalized spacial score (nSPS) is 15.0. The van der Waals surface area contributed by atoms with E-state index in [4.69, 9.17) is 0 Å². The molecule has 0 atom stereocenters. The van der Waals surface area contributed by atoms with Gasteiger partial charge in [-0.05, 0) is 25.0 Å². The molecule has 5 rings (SSSR count). The molecular weight excluding hydrogens is 388 g/mol. The van der Waals surface area contributed by atoms with E-state index in [1.54, 1.807) is 18.9 Å². The van der Waals surface area contributed by atoms with Gasteiger partial charge in [-0.1, -0.05) is 6.07 Å². The van der Waals surface area contributed by atoms with Crippen molar-refractivity contribution in [2.45, 2.75) is 12.8 Å². The van der Waals surface area contributed by atoms with Crippen molar-refractivity contribution in [1.29, 1.82) is 0 Å². The van der Waals surface area contributed by atoms with Crippen LogP contribution in [0.3, 0.4) is 0 Å². The minimum atomic E-state index is -0.0388. The van der Waals surface area contributed by atoms with Crippen molar-refractivity contribution < 1.29 is 4.79 Å². The number of imidazole rings is 1. The topological polar surface area (TPSA) is 102 Å². The van der Waals surface area contributed by atoms with Crippen LogP contribution in [0, 0.1) is 5.92 Å². The molecule has 0 radical (unpaired) electrons. The standard InChI is InChI=1S/C19H18N8OS/c28-19(23-14-2-1-3-15-18(14)25-29-24-15)13-4-7-26(8-5-13)16-10-17(22-11-21-16)27-9-6-20-12-27/h1-3,6,9-13H,4-5,7-8H2,(H,23,28). The van der Waals surface area contributed by atoms with Crippen molar-refractivity contribution >= 4 is 40.2 Å². The van der Waals surface area contributed by atoms with Crippen molar-refractivity contribution in [2.75, 3.05) is 23.3 Å². The molecule has 4 aromatic rings. The third-order valence-electron chi connectivity index (χ3n) is 5.14. The fourth-order valence-electron chi connectivity index (χ4n) is 3.56. The summed E-state index contributed by atoms with van der Waals surface area (Å²) in [4.78, 5) is 27.7. The highest BCUT2D eigenvalue weighted by atomic mass is 32.1. The molecule has 0 aliphatic carbocycles. The van der Waals surface area contributed by atoms with E-state index in [0.717, 1.165) is 66.0 Å². The van der Waals surface area contributed by atoms with Gasteiger partial charge in [-0.2, -0.15) is 8.75 Å². The number of carbonyl (C=O) groups excluding carboxylic acids is 1. The van der Waals surface area contributed by atoms with Gasteiger partial charge in [0.25, 0.3) is 0 Å². The molecule has 9 nitrogen and oxygen atoms in total. The Morgan fingerprint density at radius 2 is 2.00 bits per heavy atom. The first kappa shape index (κ1) is 17.7. The second-order valence-electron chi connectivity index (χ2n) is 6.89. The third kappa shape index (κ3) is 3.54. The van der Waals surface area contributed by atoms with E-state index in [-0.39, 0.29) is 11.8 Å². The Morgan fingerprint density at radius 1 is 1.14 bits per heavy atom. The summed E-state index contributed by atoms with van der Waals surface area (Å²) in [7, 11) is 0. The van der Waals surface area contributed by atoms with Gasteiger partial charge >= 0.3 is 0 Å². The number of benzene rings is 1. The minimum Gasteiger partial charge on any atom is -0.356 e. The Kier molecular flexibility index (Phi) is 4.60. The molecule has 1 amide bonds. The van der Waals surface area contributed by atoms with Crippen LogP contribution in [0.25, 0.3) is 16.9 Å². The van der Waals surface area contributed by atoms with Gasteiger partial charge in [-0.25, -0.2) is 15.0 Å². The molecule has 0 bridgehead atoms. The van der Waals surface area contributed by atoms with Crippen LogP contribution in [0.5, 0.6) is 0 Å². The summed E-state index contributed by atoms with van der Waals surface area (Å²) in [6.45, 7) is 1.53. The number of piperidine rings is 1. The highest BCUT2D eigenvalue weighted by Crippen LogP contribution is 2.26. The lowest BCUT2D eigenvalue weighted by molar-refractivity contribution is -0.120. The predicted molar refractivity (Wildman–Crippen MR) is 110 cm³/mol. The lowest BCUT2D eigenvalue weighted by Gasteiger charge is -2.32. The first-order valence-corrected chi connectivity index (χ1v) is 10.1. The molecule has 3 aromatic heterocycles. The summed E-state index contributed by atoms with van der Waals surface area (Å²) in [6.07, 6.45) is 8.37. The second-order valence-corrected chi connectivity index (χ2v) is 7.42. The van der Waals surface area contributed by atoms with E-state index in [1.807, 2.05) is 35.0 Å². The number of hydrogen-bond acceptors (Lipinski definition) is 8. The molecule has 1 saturated heterocycles. The van der Waals surface area contributed by atoms with Gasteiger partial charge in [0, 0.05) is 37.5 Å². The number of nitrogens with zero attached hydrogens (tertiary/aromatic N) is 7. The van der Waals surface area contributed by atoms with E-state index < -0.39 is 0 Å². The quantitative estimate of drug-likeness (QED) is 0.556. The number of nitrogens with one attached hydrogen (secondary N) is 1. The Hall–Kier alpha value is -3.40. The van der Waals surface area contributed by atoms with Crippen molar-refractivity contribution in [1.82, 2.24) is 28.3 Å². The maximum absolute atomic E-state index is 12.8. The van der Waals surface area contributed by atoms with Crippen LogP contribution in [-0.2, 0) is 4.79 Å². The summed E-state index contributed by atoms with van der Waals surface area (Å²) in [5.41, 5.74) is 2.28. The van der Waals surface area contributed by atoms with Crippen LogP contribution < -0.4 is 10.2 Å². The van der Waals surface area contributed by atoms with Crippen LogP contribution in [-0.4, -0.2) is 47.3 Å². The van der Waals surface area contributed by atoms with E-state index >= 15 is 0 Å². The van der Waals surface area contributed by atoms with E-state index in [0.29, 0.717) is 0 Å². The van der Waals surface area contributed by atoms with Gasteiger partial charge in [-0.3, -0.25) is 9.36 Å². The first-order chi connectivity index (χ1) is 14.3. The molecule has 0 unspecified atom stereocenters. The van der Waals surface area contributed by atoms with Gasteiger partial charge in [-0.15, -0.1) is 0 Å². The largest absolute Gasteiger partial charge is 0.356 e. The number of hydrogen-bond donors (Lipinski definition) is 1. The van der Waals surface area contributed by atoms with E-state index in [1.165, 1.54) is 0 Å². The van der Waals surface area contributed by atoms with Crippen LogP contribution >= 0.6 is 11.7 Å². The number of anilines is 2. The molecule has 0 saturated carbocycles. The number of fused-ring (bicyclic) bond motifs is 1. The smallest absolute Gasteiger partial charge is 0.227 e. The van der Waals surface area contributed by atoms with Gasteiger partial charge in [0.05, 0.1) is 17.4 Å². The summed E-state index contributed by atoms with van der Waals surface area (Å²) in [6, 6.07) is 7.59. The van der Waals surface area contributed by atoms with E-state index in [2.05, 4.69) is 33.9 Å². The van der Waals surface area contributed by atoms with Crippen LogP contribution in [0.2, 0.25) is 0 Å². The molecule has 1 aliphatic heterocycles.